The molecule has 7 heteroatoms. The summed E-state index contributed by atoms with van der Waals surface area (Å²) in [5, 5.41) is 15.7. The number of rotatable bonds is 4. The maximum absolute atomic E-state index is 11.5. The molecule has 0 radical (unpaired) electrons. The third-order valence-corrected chi connectivity index (χ3v) is 4.97. The fourth-order valence-corrected chi connectivity index (χ4v) is 3.57. The van der Waals surface area contributed by atoms with E-state index in [1.807, 2.05) is 6.07 Å². The van der Waals surface area contributed by atoms with Crippen LogP contribution in [0, 0.1) is 17.0 Å². The molecule has 1 unspecified atom stereocenters. The zero-order valence-electron chi connectivity index (χ0n) is 15.1. The van der Waals surface area contributed by atoms with Gasteiger partial charge in [-0.05, 0) is 25.8 Å². The SMILES string of the molecule is Cc1nn(C)c(N2CCC(C)N(Cc3ccccc3)CC2)c1[N+](=O)[O-]. The maximum Gasteiger partial charge on any atom is 0.333 e. The molecule has 1 fully saturated rings. The molecule has 3 rings (SSSR count). The average Bonchev–Trinajstić information content (AvgIpc) is 2.76. The van der Waals surface area contributed by atoms with Crippen LogP contribution in [0.15, 0.2) is 30.3 Å². The van der Waals surface area contributed by atoms with Gasteiger partial charge in [0.05, 0.1) is 4.92 Å². The lowest BCUT2D eigenvalue weighted by Gasteiger charge is -2.26. The van der Waals surface area contributed by atoms with Crippen molar-refractivity contribution in [2.75, 3.05) is 24.5 Å². The van der Waals surface area contributed by atoms with Crippen LogP contribution in [0.1, 0.15) is 24.6 Å². The molecule has 1 saturated heterocycles. The lowest BCUT2D eigenvalue weighted by Crippen LogP contribution is -2.34. The van der Waals surface area contributed by atoms with Crippen LogP contribution in [-0.2, 0) is 13.6 Å². The Balaban J connectivity index is 1.78. The van der Waals surface area contributed by atoms with E-state index in [4.69, 9.17) is 0 Å². The Morgan fingerprint density at radius 2 is 1.96 bits per heavy atom. The van der Waals surface area contributed by atoms with Crippen molar-refractivity contribution in [3.05, 3.63) is 51.7 Å². The normalized spacial score (nSPS) is 19.0. The summed E-state index contributed by atoms with van der Waals surface area (Å²) in [5.41, 5.74) is 1.90. The predicted octanol–water partition coefficient (Wildman–Crippen LogP) is 2.74. The number of aryl methyl sites for hydroxylation is 2. The second-order valence-corrected chi connectivity index (χ2v) is 6.72. The van der Waals surface area contributed by atoms with Crippen molar-refractivity contribution in [3.63, 3.8) is 0 Å². The second kappa shape index (κ2) is 7.23. The van der Waals surface area contributed by atoms with Gasteiger partial charge >= 0.3 is 5.69 Å². The topological polar surface area (TPSA) is 67.4 Å². The summed E-state index contributed by atoms with van der Waals surface area (Å²) in [5.74, 6) is 0.622. The number of anilines is 1. The Kier molecular flexibility index (Phi) is 5.03. The zero-order valence-corrected chi connectivity index (χ0v) is 15.1. The van der Waals surface area contributed by atoms with Crippen LogP contribution in [0.2, 0.25) is 0 Å². The molecule has 0 amide bonds. The van der Waals surface area contributed by atoms with Crippen LogP contribution in [0.4, 0.5) is 11.5 Å². The van der Waals surface area contributed by atoms with Gasteiger partial charge in [0.1, 0.15) is 5.69 Å². The molecule has 1 aromatic heterocycles. The fraction of sp³-hybridized carbons (Fsp3) is 0.500. The number of nitrogens with zero attached hydrogens (tertiary/aromatic N) is 5. The molecule has 1 aliphatic rings. The molecule has 0 saturated carbocycles. The molecule has 7 nitrogen and oxygen atoms in total. The highest BCUT2D eigenvalue weighted by molar-refractivity contribution is 5.61. The number of benzene rings is 1. The quantitative estimate of drug-likeness (QED) is 0.631. The van der Waals surface area contributed by atoms with E-state index in [2.05, 4.69) is 46.1 Å². The van der Waals surface area contributed by atoms with Crippen molar-refractivity contribution >= 4 is 11.5 Å². The predicted molar refractivity (Wildman–Crippen MR) is 97.7 cm³/mol. The van der Waals surface area contributed by atoms with E-state index >= 15 is 0 Å². The van der Waals surface area contributed by atoms with E-state index in [1.54, 1.807) is 18.7 Å². The first-order valence-electron chi connectivity index (χ1n) is 8.68. The Bertz CT molecular complexity index is 743. The maximum atomic E-state index is 11.5. The summed E-state index contributed by atoms with van der Waals surface area (Å²) in [6.07, 6.45) is 0.966. The van der Waals surface area contributed by atoms with Crippen molar-refractivity contribution in [1.82, 2.24) is 14.7 Å². The molecule has 0 aliphatic carbocycles. The third kappa shape index (κ3) is 3.66. The van der Waals surface area contributed by atoms with E-state index in [0.29, 0.717) is 17.6 Å². The highest BCUT2D eigenvalue weighted by Gasteiger charge is 2.30. The highest BCUT2D eigenvalue weighted by Crippen LogP contribution is 2.32. The van der Waals surface area contributed by atoms with E-state index in [9.17, 15) is 10.1 Å². The summed E-state index contributed by atoms with van der Waals surface area (Å²) in [7, 11) is 1.78. The van der Waals surface area contributed by atoms with Crippen molar-refractivity contribution in [2.24, 2.45) is 7.05 Å². The number of hydrogen-bond donors (Lipinski definition) is 0. The first-order chi connectivity index (χ1) is 12.0. The lowest BCUT2D eigenvalue weighted by molar-refractivity contribution is -0.384. The molecule has 1 atom stereocenters. The van der Waals surface area contributed by atoms with E-state index in [0.717, 1.165) is 32.6 Å². The minimum absolute atomic E-state index is 0.131. The van der Waals surface area contributed by atoms with Gasteiger partial charge in [0, 0.05) is 39.3 Å². The standard InChI is InChI=1S/C18H25N5O2/c1-14-9-10-21(18-17(23(24)25)15(2)19-20(18)3)11-12-22(14)13-16-7-5-4-6-8-16/h4-8,14H,9-13H2,1-3H3. The second-order valence-electron chi connectivity index (χ2n) is 6.72. The molecule has 0 bridgehead atoms. The van der Waals surface area contributed by atoms with Gasteiger partial charge in [0.25, 0.3) is 0 Å². The molecule has 2 aromatic rings. The number of hydrogen-bond acceptors (Lipinski definition) is 5. The largest absolute Gasteiger partial charge is 0.350 e. The van der Waals surface area contributed by atoms with Gasteiger partial charge in [-0.1, -0.05) is 30.3 Å². The van der Waals surface area contributed by atoms with Gasteiger partial charge in [0.2, 0.25) is 5.82 Å². The van der Waals surface area contributed by atoms with Crippen molar-refractivity contribution in [1.29, 1.82) is 0 Å². The van der Waals surface area contributed by atoms with Gasteiger partial charge < -0.3 is 4.90 Å². The Morgan fingerprint density at radius 3 is 2.64 bits per heavy atom. The lowest BCUT2D eigenvalue weighted by atomic mass is 10.1. The number of nitro groups is 1. The smallest absolute Gasteiger partial charge is 0.333 e. The minimum atomic E-state index is -0.312. The molecule has 2 heterocycles. The molecule has 0 spiro atoms. The third-order valence-electron chi connectivity index (χ3n) is 4.97. The van der Waals surface area contributed by atoms with Crippen molar-refractivity contribution in [2.45, 2.75) is 32.9 Å². The monoisotopic (exact) mass is 343 g/mol. The molecule has 134 valence electrons. The number of aromatic nitrogens is 2. The van der Waals surface area contributed by atoms with Gasteiger partial charge in [-0.3, -0.25) is 15.0 Å². The van der Waals surface area contributed by atoms with Gasteiger partial charge in [-0.15, -0.1) is 0 Å². The Labute approximate surface area is 148 Å². The van der Waals surface area contributed by atoms with Crippen LogP contribution < -0.4 is 4.90 Å². The van der Waals surface area contributed by atoms with Crippen molar-refractivity contribution < 1.29 is 4.92 Å². The van der Waals surface area contributed by atoms with Crippen LogP contribution in [0.5, 0.6) is 0 Å². The first-order valence-corrected chi connectivity index (χ1v) is 8.68. The van der Waals surface area contributed by atoms with E-state index in [-0.39, 0.29) is 10.6 Å². The van der Waals surface area contributed by atoms with Gasteiger partial charge in [-0.25, -0.2) is 4.68 Å². The van der Waals surface area contributed by atoms with Crippen LogP contribution in [-0.4, -0.2) is 45.3 Å². The molecule has 1 aliphatic heterocycles. The van der Waals surface area contributed by atoms with Crippen LogP contribution in [0.3, 0.4) is 0 Å². The zero-order chi connectivity index (χ0) is 18.0. The Hall–Kier alpha value is -2.41. The molecule has 0 N–H and O–H groups in total. The van der Waals surface area contributed by atoms with E-state index < -0.39 is 0 Å². The molecular formula is C18H25N5O2. The first kappa shape index (κ1) is 17.4. The Morgan fingerprint density at radius 1 is 1.24 bits per heavy atom. The average molecular weight is 343 g/mol. The molecule has 1 aromatic carbocycles. The highest BCUT2D eigenvalue weighted by atomic mass is 16.6. The summed E-state index contributed by atoms with van der Waals surface area (Å²) in [4.78, 5) is 15.7. The van der Waals surface area contributed by atoms with Gasteiger partial charge in [-0.2, -0.15) is 5.10 Å². The molecular weight excluding hydrogens is 318 g/mol. The summed E-state index contributed by atoms with van der Waals surface area (Å²) < 4.78 is 1.64. The summed E-state index contributed by atoms with van der Waals surface area (Å²) >= 11 is 0. The van der Waals surface area contributed by atoms with Crippen molar-refractivity contribution in [3.8, 4) is 0 Å². The fourth-order valence-electron chi connectivity index (χ4n) is 3.57. The van der Waals surface area contributed by atoms with Gasteiger partial charge in [0.15, 0.2) is 0 Å². The molecule has 25 heavy (non-hydrogen) atoms. The summed E-state index contributed by atoms with van der Waals surface area (Å²) in [6, 6.07) is 10.9. The minimum Gasteiger partial charge on any atom is -0.350 e. The van der Waals surface area contributed by atoms with E-state index in [1.165, 1.54) is 5.56 Å². The summed E-state index contributed by atoms with van der Waals surface area (Å²) in [6.45, 7) is 7.27. The van der Waals surface area contributed by atoms with Crippen LogP contribution >= 0.6 is 0 Å². The van der Waals surface area contributed by atoms with Crippen LogP contribution in [0.25, 0.3) is 0 Å².